The van der Waals surface area contributed by atoms with Gasteiger partial charge >= 0.3 is 0 Å². The molecule has 11 heavy (non-hydrogen) atoms. The van der Waals surface area contributed by atoms with Crippen molar-refractivity contribution in [3.05, 3.63) is 35.6 Å². The van der Waals surface area contributed by atoms with Crippen molar-refractivity contribution in [2.24, 2.45) is 0 Å². The van der Waals surface area contributed by atoms with Crippen molar-refractivity contribution < 1.29 is 4.39 Å². The van der Waals surface area contributed by atoms with Gasteiger partial charge in [0, 0.05) is 12.6 Å². The molecule has 2 nitrogen and oxygen atoms in total. The summed E-state index contributed by atoms with van der Waals surface area (Å²) >= 11 is 0. The van der Waals surface area contributed by atoms with E-state index in [4.69, 9.17) is 5.41 Å². The molecule has 1 aromatic rings. The van der Waals surface area contributed by atoms with Crippen molar-refractivity contribution in [3.8, 4) is 0 Å². The van der Waals surface area contributed by atoms with Crippen LogP contribution in [0.5, 0.6) is 0 Å². The maximum Gasteiger partial charge on any atom is 0.125 e. The van der Waals surface area contributed by atoms with E-state index in [0.717, 1.165) is 0 Å². The molecule has 0 unspecified atom stereocenters. The minimum Gasteiger partial charge on any atom is -0.373 e. The predicted octanol–water partition coefficient (Wildman–Crippen LogP) is 1.37. The lowest BCUT2D eigenvalue weighted by molar-refractivity contribution is 0.627. The van der Waals surface area contributed by atoms with E-state index < -0.39 is 0 Å². The third-order valence-corrected chi connectivity index (χ3v) is 1.38. The van der Waals surface area contributed by atoms with E-state index in [-0.39, 0.29) is 5.82 Å². The maximum atomic E-state index is 12.4. The van der Waals surface area contributed by atoms with Crippen molar-refractivity contribution in [2.45, 2.75) is 0 Å². The summed E-state index contributed by atoms with van der Waals surface area (Å²) in [7, 11) is 1.66. The van der Waals surface area contributed by atoms with Gasteiger partial charge in [-0.05, 0) is 24.3 Å². The second-order valence-corrected chi connectivity index (χ2v) is 2.13. The Morgan fingerprint density at radius 1 is 1.36 bits per heavy atom. The van der Waals surface area contributed by atoms with E-state index in [1.165, 1.54) is 12.1 Å². The first kappa shape index (κ1) is 7.72. The summed E-state index contributed by atoms with van der Waals surface area (Å²) in [5, 5.41) is 9.98. The van der Waals surface area contributed by atoms with Crippen LogP contribution in [-0.4, -0.2) is 12.9 Å². The van der Waals surface area contributed by atoms with Crippen LogP contribution in [0.4, 0.5) is 4.39 Å². The fourth-order valence-corrected chi connectivity index (χ4v) is 0.761. The van der Waals surface area contributed by atoms with Crippen LogP contribution in [0.3, 0.4) is 0 Å². The maximum absolute atomic E-state index is 12.4. The van der Waals surface area contributed by atoms with Gasteiger partial charge in [0.25, 0.3) is 0 Å². The Bertz CT molecular complexity index is 253. The molecule has 58 valence electrons. The summed E-state index contributed by atoms with van der Waals surface area (Å²) in [6.07, 6.45) is 0. The van der Waals surface area contributed by atoms with Crippen molar-refractivity contribution in [1.82, 2.24) is 5.32 Å². The molecule has 0 atom stereocenters. The summed E-state index contributed by atoms with van der Waals surface area (Å²) in [5.74, 6) is 0.0163. The zero-order valence-electron chi connectivity index (χ0n) is 6.19. The summed E-state index contributed by atoms with van der Waals surface area (Å²) in [6, 6.07) is 5.80. The van der Waals surface area contributed by atoms with Crippen LogP contribution in [-0.2, 0) is 0 Å². The molecule has 0 spiro atoms. The lowest BCUT2D eigenvalue weighted by Crippen LogP contribution is -2.17. The van der Waals surface area contributed by atoms with Crippen molar-refractivity contribution in [2.75, 3.05) is 7.05 Å². The Morgan fingerprint density at radius 2 is 1.91 bits per heavy atom. The molecule has 0 amide bonds. The van der Waals surface area contributed by atoms with Crippen LogP contribution >= 0.6 is 0 Å². The Balaban J connectivity index is 2.90. The minimum absolute atomic E-state index is 0.280. The lowest BCUT2D eigenvalue weighted by atomic mass is 10.2. The zero-order valence-corrected chi connectivity index (χ0v) is 6.19. The highest BCUT2D eigenvalue weighted by atomic mass is 19.1. The number of halogens is 1. The number of hydrogen-bond donors (Lipinski definition) is 2. The SMILES string of the molecule is CNC(=N)c1ccc(F)cc1. The van der Waals surface area contributed by atoms with Crippen LogP contribution in [0.15, 0.2) is 24.3 Å². The van der Waals surface area contributed by atoms with E-state index in [9.17, 15) is 4.39 Å². The van der Waals surface area contributed by atoms with Crippen LogP contribution < -0.4 is 5.32 Å². The second kappa shape index (κ2) is 3.14. The normalized spacial score (nSPS) is 9.27. The van der Waals surface area contributed by atoms with Crippen molar-refractivity contribution in [1.29, 1.82) is 5.41 Å². The summed E-state index contributed by atoms with van der Waals surface area (Å²) in [4.78, 5) is 0. The first-order chi connectivity index (χ1) is 5.24. The van der Waals surface area contributed by atoms with E-state index in [2.05, 4.69) is 5.32 Å². The lowest BCUT2D eigenvalue weighted by Gasteiger charge is -2.00. The molecular weight excluding hydrogens is 143 g/mol. The highest BCUT2D eigenvalue weighted by Crippen LogP contribution is 2.01. The minimum atomic E-state index is -0.280. The van der Waals surface area contributed by atoms with Gasteiger partial charge < -0.3 is 5.32 Å². The monoisotopic (exact) mass is 152 g/mol. The van der Waals surface area contributed by atoms with Gasteiger partial charge in [-0.2, -0.15) is 0 Å². The molecule has 1 aromatic carbocycles. The van der Waals surface area contributed by atoms with E-state index >= 15 is 0 Å². The first-order valence-corrected chi connectivity index (χ1v) is 3.26. The number of hydrogen-bond acceptors (Lipinski definition) is 1. The molecule has 0 heterocycles. The summed E-state index contributed by atoms with van der Waals surface area (Å²) in [6.45, 7) is 0. The summed E-state index contributed by atoms with van der Waals surface area (Å²) < 4.78 is 12.4. The number of benzene rings is 1. The first-order valence-electron chi connectivity index (χ1n) is 3.26. The van der Waals surface area contributed by atoms with Gasteiger partial charge in [-0.3, -0.25) is 5.41 Å². The summed E-state index contributed by atoms with van der Waals surface area (Å²) in [5.41, 5.74) is 0.689. The molecule has 0 saturated heterocycles. The third kappa shape index (κ3) is 1.77. The van der Waals surface area contributed by atoms with Gasteiger partial charge in [0.2, 0.25) is 0 Å². The molecule has 3 heteroatoms. The predicted molar refractivity (Wildman–Crippen MR) is 42.3 cm³/mol. The Hall–Kier alpha value is -1.38. The van der Waals surface area contributed by atoms with E-state index in [0.29, 0.717) is 11.4 Å². The molecule has 0 aliphatic carbocycles. The number of rotatable bonds is 1. The largest absolute Gasteiger partial charge is 0.373 e. The second-order valence-electron chi connectivity index (χ2n) is 2.13. The van der Waals surface area contributed by atoms with Gasteiger partial charge in [0.05, 0.1) is 0 Å². The Kier molecular flexibility index (Phi) is 2.21. The fraction of sp³-hybridized carbons (Fsp3) is 0.125. The Morgan fingerprint density at radius 3 is 2.36 bits per heavy atom. The van der Waals surface area contributed by atoms with Crippen LogP contribution in [0, 0.1) is 11.2 Å². The fourth-order valence-electron chi connectivity index (χ4n) is 0.761. The molecule has 0 aliphatic heterocycles. The van der Waals surface area contributed by atoms with Crippen LogP contribution in [0.2, 0.25) is 0 Å². The molecule has 0 saturated carbocycles. The van der Waals surface area contributed by atoms with Gasteiger partial charge in [0.1, 0.15) is 11.7 Å². The topological polar surface area (TPSA) is 35.9 Å². The number of amidine groups is 1. The van der Waals surface area contributed by atoms with Gasteiger partial charge in [-0.25, -0.2) is 4.39 Å². The smallest absolute Gasteiger partial charge is 0.125 e. The highest BCUT2D eigenvalue weighted by Gasteiger charge is 1.96. The van der Waals surface area contributed by atoms with Crippen LogP contribution in [0.25, 0.3) is 0 Å². The van der Waals surface area contributed by atoms with Crippen LogP contribution in [0.1, 0.15) is 5.56 Å². The van der Waals surface area contributed by atoms with Crippen molar-refractivity contribution >= 4 is 5.84 Å². The van der Waals surface area contributed by atoms with Gasteiger partial charge in [-0.15, -0.1) is 0 Å². The average Bonchev–Trinajstić information content (AvgIpc) is 2.05. The quantitative estimate of drug-likeness (QED) is 0.462. The Labute approximate surface area is 64.6 Å². The zero-order chi connectivity index (χ0) is 8.27. The highest BCUT2D eigenvalue weighted by molar-refractivity contribution is 5.95. The molecule has 0 radical (unpaired) electrons. The molecule has 0 aromatic heterocycles. The molecule has 2 N–H and O–H groups in total. The van der Waals surface area contributed by atoms with E-state index in [1.807, 2.05) is 0 Å². The van der Waals surface area contributed by atoms with Gasteiger partial charge in [0.15, 0.2) is 0 Å². The third-order valence-electron chi connectivity index (χ3n) is 1.38. The van der Waals surface area contributed by atoms with Gasteiger partial charge in [-0.1, -0.05) is 0 Å². The molecule has 1 rings (SSSR count). The van der Waals surface area contributed by atoms with Crippen molar-refractivity contribution in [3.63, 3.8) is 0 Å². The molecular formula is C8H9FN2. The standard InChI is InChI=1S/C8H9FN2/c1-11-8(10)6-2-4-7(9)5-3-6/h2-5H,1H3,(H2,10,11). The van der Waals surface area contributed by atoms with E-state index in [1.54, 1.807) is 19.2 Å². The number of nitrogens with one attached hydrogen (secondary N) is 2. The average molecular weight is 152 g/mol. The molecule has 0 bridgehead atoms. The molecule has 0 fully saturated rings. The molecule has 0 aliphatic rings.